The smallest absolute Gasteiger partial charge is 0.298 e. The van der Waals surface area contributed by atoms with Crippen LogP contribution in [0, 0.1) is 6.92 Å². The van der Waals surface area contributed by atoms with Crippen molar-refractivity contribution in [1.29, 1.82) is 0 Å². The van der Waals surface area contributed by atoms with Gasteiger partial charge in [0.2, 0.25) is 0 Å². The maximum Gasteiger partial charge on any atom is 0.434 e. The van der Waals surface area contributed by atoms with Crippen molar-refractivity contribution < 1.29 is 18.0 Å². The summed E-state index contributed by atoms with van der Waals surface area (Å²) in [4.78, 5) is 18.1. The van der Waals surface area contributed by atoms with Gasteiger partial charge in [0.1, 0.15) is 0 Å². The van der Waals surface area contributed by atoms with Gasteiger partial charge in [0.25, 0.3) is 5.91 Å². The van der Waals surface area contributed by atoms with Crippen molar-refractivity contribution in [3.63, 3.8) is 0 Å². The lowest BCUT2D eigenvalue weighted by Crippen LogP contribution is -2.20. The van der Waals surface area contributed by atoms with Crippen LogP contribution < -0.4 is 5.32 Å². The van der Waals surface area contributed by atoms with Crippen molar-refractivity contribution in [3.8, 4) is 16.9 Å². The topological polar surface area (TPSA) is 59.8 Å². The zero-order valence-electron chi connectivity index (χ0n) is 18.0. The minimum atomic E-state index is -4.77. The highest BCUT2D eigenvalue weighted by atomic mass is 32.1. The van der Waals surface area contributed by atoms with E-state index < -0.39 is 23.3 Å². The van der Waals surface area contributed by atoms with Crippen LogP contribution in [0.3, 0.4) is 0 Å². The third kappa shape index (κ3) is 4.83. The van der Waals surface area contributed by atoms with Crippen molar-refractivity contribution in [1.82, 2.24) is 14.8 Å². The fourth-order valence-electron chi connectivity index (χ4n) is 3.55. The van der Waals surface area contributed by atoms with Crippen LogP contribution >= 0.6 is 11.3 Å². The number of para-hydroxylation sites is 1. The van der Waals surface area contributed by atoms with Crippen molar-refractivity contribution in [2.24, 2.45) is 0 Å². The molecule has 0 bridgehead atoms. The molecule has 4 rings (SSSR count). The number of nitrogens with zero attached hydrogens (tertiary/aromatic N) is 3. The van der Waals surface area contributed by atoms with Gasteiger partial charge in [0.15, 0.2) is 10.8 Å². The molecular formula is C24H21F3N4OS. The van der Waals surface area contributed by atoms with Gasteiger partial charge in [-0.15, -0.1) is 11.3 Å². The van der Waals surface area contributed by atoms with Crippen LogP contribution in [-0.2, 0) is 12.6 Å². The number of carbonyl (C=O) groups is 1. The fourth-order valence-corrected chi connectivity index (χ4v) is 4.38. The van der Waals surface area contributed by atoms with E-state index in [0.717, 1.165) is 34.2 Å². The van der Waals surface area contributed by atoms with Gasteiger partial charge in [0, 0.05) is 10.4 Å². The van der Waals surface area contributed by atoms with Crippen molar-refractivity contribution >= 4 is 22.4 Å². The largest absolute Gasteiger partial charge is 0.434 e. The van der Waals surface area contributed by atoms with Crippen LogP contribution in [0.15, 0.2) is 60.8 Å². The summed E-state index contributed by atoms with van der Waals surface area (Å²) in [7, 11) is 0. The molecule has 33 heavy (non-hydrogen) atoms. The third-order valence-electron chi connectivity index (χ3n) is 5.07. The van der Waals surface area contributed by atoms with Crippen LogP contribution in [0.1, 0.15) is 39.8 Å². The number of rotatable bonds is 6. The molecule has 170 valence electrons. The second kappa shape index (κ2) is 9.19. The third-order valence-corrected chi connectivity index (χ3v) is 5.95. The molecule has 0 saturated heterocycles. The summed E-state index contributed by atoms with van der Waals surface area (Å²) in [6.45, 7) is 3.97. The molecule has 2 heterocycles. The number of aromatic nitrogens is 3. The molecule has 2 aromatic heterocycles. The Balaban J connectivity index is 1.62. The summed E-state index contributed by atoms with van der Waals surface area (Å²) in [5.41, 5.74) is 1.31. The standard InChI is InChI=1S/C24H21F3N4OS/c1-3-7-16-10-12-17(13-11-16)20-15(2)33-23(29-20)30-22(32)19-14-28-31(21(19)24(25,26)27)18-8-5-4-6-9-18/h4-6,8-14H,3,7H2,1-2H3,(H,29,30,32). The zero-order chi connectivity index (χ0) is 23.6. The molecule has 0 radical (unpaired) electrons. The van der Waals surface area contributed by atoms with E-state index in [2.05, 4.69) is 22.3 Å². The lowest BCUT2D eigenvalue weighted by Gasteiger charge is -2.12. The SMILES string of the molecule is CCCc1ccc(-c2nc(NC(=O)c3cnn(-c4ccccc4)c3C(F)(F)F)sc2C)cc1. The number of anilines is 1. The minimum Gasteiger partial charge on any atom is -0.298 e. The maximum absolute atomic E-state index is 13.9. The summed E-state index contributed by atoms with van der Waals surface area (Å²) in [5.74, 6) is -0.914. The Kier molecular flexibility index (Phi) is 6.33. The number of thiazole rings is 1. The summed E-state index contributed by atoms with van der Waals surface area (Å²) in [6.07, 6.45) is -1.82. The molecule has 1 amide bonds. The predicted octanol–water partition coefficient (Wildman–Crippen LogP) is 6.53. The van der Waals surface area contributed by atoms with Crippen LogP contribution in [0.2, 0.25) is 0 Å². The second-order valence-corrected chi connectivity index (χ2v) is 8.68. The van der Waals surface area contributed by atoms with Crippen LogP contribution in [-0.4, -0.2) is 20.7 Å². The number of alkyl halides is 3. The van der Waals surface area contributed by atoms with E-state index in [1.165, 1.54) is 29.0 Å². The number of carbonyl (C=O) groups excluding carboxylic acids is 1. The lowest BCUT2D eigenvalue weighted by atomic mass is 10.1. The molecular weight excluding hydrogens is 449 g/mol. The van der Waals surface area contributed by atoms with Crippen LogP contribution in [0.25, 0.3) is 16.9 Å². The van der Waals surface area contributed by atoms with Gasteiger partial charge >= 0.3 is 6.18 Å². The predicted molar refractivity (Wildman–Crippen MR) is 123 cm³/mol. The van der Waals surface area contributed by atoms with Gasteiger partial charge in [-0.2, -0.15) is 18.3 Å². The summed E-state index contributed by atoms with van der Waals surface area (Å²) in [6, 6.07) is 15.9. The van der Waals surface area contributed by atoms with Gasteiger partial charge in [-0.05, 0) is 31.0 Å². The number of nitrogens with one attached hydrogen (secondary N) is 1. The van der Waals surface area contributed by atoms with E-state index in [9.17, 15) is 18.0 Å². The number of amides is 1. The first-order chi connectivity index (χ1) is 15.8. The van der Waals surface area contributed by atoms with E-state index in [1.807, 2.05) is 31.2 Å². The Morgan fingerprint density at radius 3 is 2.42 bits per heavy atom. The average molecular weight is 471 g/mol. The Morgan fingerprint density at radius 2 is 1.79 bits per heavy atom. The number of aryl methyl sites for hydroxylation is 2. The number of hydrogen-bond donors (Lipinski definition) is 1. The Labute approximate surface area is 192 Å². The first-order valence-corrected chi connectivity index (χ1v) is 11.2. The number of halogens is 3. The first kappa shape index (κ1) is 22.7. The van der Waals surface area contributed by atoms with Gasteiger partial charge in [-0.1, -0.05) is 55.8 Å². The highest BCUT2D eigenvalue weighted by molar-refractivity contribution is 7.16. The van der Waals surface area contributed by atoms with Crippen LogP contribution in [0.4, 0.5) is 18.3 Å². The van der Waals surface area contributed by atoms with Gasteiger partial charge < -0.3 is 0 Å². The van der Waals surface area contributed by atoms with Crippen LogP contribution in [0.5, 0.6) is 0 Å². The molecule has 0 unspecified atom stereocenters. The molecule has 0 spiro atoms. The Hall–Kier alpha value is -3.46. The van der Waals surface area contributed by atoms with E-state index in [4.69, 9.17) is 0 Å². The summed E-state index contributed by atoms with van der Waals surface area (Å²) in [5, 5.41) is 6.57. The molecule has 0 aliphatic rings. The molecule has 1 N–H and O–H groups in total. The lowest BCUT2D eigenvalue weighted by molar-refractivity contribution is -0.143. The maximum atomic E-state index is 13.9. The molecule has 0 fully saturated rings. The average Bonchev–Trinajstić information content (AvgIpc) is 3.39. The zero-order valence-corrected chi connectivity index (χ0v) is 18.8. The number of hydrogen-bond acceptors (Lipinski definition) is 4. The van der Waals surface area contributed by atoms with Gasteiger partial charge in [-0.25, -0.2) is 9.67 Å². The Morgan fingerprint density at radius 1 is 1.09 bits per heavy atom. The van der Waals surface area contributed by atoms with Crippen molar-refractivity contribution in [3.05, 3.63) is 82.5 Å². The van der Waals surface area contributed by atoms with Crippen molar-refractivity contribution in [2.45, 2.75) is 32.9 Å². The summed E-state index contributed by atoms with van der Waals surface area (Å²) >= 11 is 1.21. The van der Waals surface area contributed by atoms with E-state index in [-0.39, 0.29) is 10.8 Å². The molecule has 9 heteroatoms. The van der Waals surface area contributed by atoms with Gasteiger partial charge in [0.05, 0.1) is 23.1 Å². The molecule has 0 aliphatic carbocycles. The molecule has 4 aromatic rings. The van der Waals surface area contributed by atoms with Gasteiger partial charge in [-0.3, -0.25) is 10.1 Å². The fraction of sp³-hybridized carbons (Fsp3) is 0.208. The summed E-state index contributed by atoms with van der Waals surface area (Å²) < 4.78 is 42.3. The quantitative estimate of drug-likeness (QED) is 0.349. The first-order valence-electron chi connectivity index (χ1n) is 10.4. The van der Waals surface area contributed by atoms with E-state index in [1.54, 1.807) is 18.2 Å². The van der Waals surface area contributed by atoms with E-state index in [0.29, 0.717) is 5.69 Å². The highest BCUT2D eigenvalue weighted by Gasteiger charge is 2.40. The monoisotopic (exact) mass is 470 g/mol. The number of benzene rings is 2. The molecule has 2 aromatic carbocycles. The molecule has 0 atom stereocenters. The van der Waals surface area contributed by atoms with E-state index >= 15 is 0 Å². The Bertz CT molecular complexity index is 1260. The molecule has 0 aliphatic heterocycles. The second-order valence-electron chi connectivity index (χ2n) is 7.48. The molecule has 5 nitrogen and oxygen atoms in total. The highest BCUT2D eigenvalue weighted by Crippen LogP contribution is 2.35. The van der Waals surface area contributed by atoms with Crippen molar-refractivity contribution in [2.75, 3.05) is 5.32 Å². The normalized spacial score (nSPS) is 11.5. The minimum absolute atomic E-state index is 0.211. The molecule has 0 saturated carbocycles.